The van der Waals surface area contributed by atoms with E-state index in [1.165, 1.54) is 0 Å². The van der Waals surface area contributed by atoms with E-state index < -0.39 is 5.97 Å². The SMILES string of the molecule is COc1ccc(N(C)c2cccc(C(=O)O)c2)cc1. The van der Waals surface area contributed by atoms with E-state index in [1.807, 2.05) is 42.3 Å². The maximum Gasteiger partial charge on any atom is 0.335 e. The first-order valence-corrected chi connectivity index (χ1v) is 5.83. The van der Waals surface area contributed by atoms with Crippen molar-refractivity contribution >= 4 is 17.3 Å². The molecule has 2 aromatic rings. The van der Waals surface area contributed by atoms with Crippen LogP contribution in [0.3, 0.4) is 0 Å². The number of nitrogens with zero attached hydrogens (tertiary/aromatic N) is 1. The van der Waals surface area contributed by atoms with Gasteiger partial charge in [-0.3, -0.25) is 0 Å². The second-order valence-corrected chi connectivity index (χ2v) is 4.11. The Hall–Kier alpha value is -2.49. The van der Waals surface area contributed by atoms with E-state index in [4.69, 9.17) is 9.84 Å². The minimum Gasteiger partial charge on any atom is -0.497 e. The van der Waals surface area contributed by atoms with Gasteiger partial charge < -0.3 is 14.7 Å². The Morgan fingerprint density at radius 2 is 1.79 bits per heavy atom. The van der Waals surface area contributed by atoms with Gasteiger partial charge in [0.25, 0.3) is 0 Å². The van der Waals surface area contributed by atoms with Crippen LogP contribution in [-0.4, -0.2) is 25.2 Å². The van der Waals surface area contributed by atoms with E-state index in [2.05, 4.69) is 0 Å². The van der Waals surface area contributed by atoms with E-state index in [-0.39, 0.29) is 5.56 Å². The summed E-state index contributed by atoms with van der Waals surface area (Å²) in [6, 6.07) is 14.4. The Morgan fingerprint density at radius 3 is 2.37 bits per heavy atom. The maximum atomic E-state index is 11.0. The lowest BCUT2D eigenvalue weighted by Crippen LogP contribution is -2.10. The first-order chi connectivity index (χ1) is 9.11. The van der Waals surface area contributed by atoms with Crippen molar-refractivity contribution in [2.75, 3.05) is 19.1 Å². The van der Waals surface area contributed by atoms with Crippen molar-refractivity contribution in [3.63, 3.8) is 0 Å². The van der Waals surface area contributed by atoms with Crippen LogP contribution >= 0.6 is 0 Å². The van der Waals surface area contributed by atoms with Gasteiger partial charge in [0, 0.05) is 18.4 Å². The monoisotopic (exact) mass is 257 g/mol. The van der Waals surface area contributed by atoms with Crippen molar-refractivity contribution in [1.82, 2.24) is 0 Å². The number of ether oxygens (including phenoxy) is 1. The summed E-state index contributed by atoms with van der Waals surface area (Å²) in [5.41, 5.74) is 2.06. The number of anilines is 2. The molecule has 0 heterocycles. The van der Waals surface area contributed by atoms with Crippen molar-refractivity contribution in [3.8, 4) is 5.75 Å². The molecule has 4 nitrogen and oxygen atoms in total. The molecular formula is C15H15NO3. The highest BCUT2D eigenvalue weighted by Gasteiger charge is 2.08. The summed E-state index contributed by atoms with van der Waals surface area (Å²) in [4.78, 5) is 12.9. The Morgan fingerprint density at radius 1 is 1.11 bits per heavy atom. The molecule has 0 aromatic heterocycles. The fourth-order valence-electron chi connectivity index (χ4n) is 1.80. The molecular weight excluding hydrogens is 242 g/mol. The number of methoxy groups -OCH3 is 1. The Balaban J connectivity index is 2.29. The second-order valence-electron chi connectivity index (χ2n) is 4.11. The quantitative estimate of drug-likeness (QED) is 0.914. The standard InChI is InChI=1S/C15H15NO3/c1-16(12-6-8-14(19-2)9-7-12)13-5-3-4-11(10-13)15(17)18/h3-10H,1-2H3,(H,17,18). The van der Waals surface area contributed by atoms with Crippen LogP contribution in [0.1, 0.15) is 10.4 Å². The van der Waals surface area contributed by atoms with Crippen LogP contribution in [0.4, 0.5) is 11.4 Å². The minimum atomic E-state index is -0.926. The fourth-order valence-corrected chi connectivity index (χ4v) is 1.80. The summed E-state index contributed by atoms with van der Waals surface area (Å²) in [5.74, 6) is -0.138. The van der Waals surface area contributed by atoms with E-state index in [9.17, 15) is 4.79 Å². The molecule has 1 N–H and O–H groups in total. The molecule has 0 aliphatic carbocycles. The van der Waals surface area contributed by atoms with Gasteiger partial charge in [0.2, 0.25) is 0 Å². The van der Waals surface area contributed by atoms with Crippen LogP contribution in [0.2, 0.25) is 0 Å². The van der Waals surface area contributed by atoms with Gasteiger partial charge >= 0.3 is 5.97 Å². The highest BCUT2D eigenvalue weighted by atomic mass is 16.5. The summed E-state index contributed by atoms with van der Waals surface area (Å²) in [7, 11) is 3.51. The molecule has 0 aliphatic heterocycles. The second kappa shape index (κ2) is 5.44. The van der Waals surface area contributed by atoms with E-state index in [1.54, 1.807) is 25.3 Å². The molecule has 4 heteroatoms. The predicted octanol–water partition coefficient (Wildman–Crippen LogP) is 3.16. The number of rotatable bonds is 4. The molecule has 0 saturated heterocycles. The van der Waals surface area contributed by atoms with Crippen LogP contribution < -0.4 is 9.64 Å². The molecule has 2 rings (SSSR count). The number of carbonyl (C=O) groups is 1. The average molecular weight is 257 g/mol. The largest absolute Gasteiger partial charge is 0.497 e. The lowest BCUT2D eigenvalue weighted by atomic mass is 10.2. The number of benzene rings is 2. The van der Waals surface area contributed by atoms with Crippen LogP contribution in [0.25, 0.3) is 0 Å². The molecule has 0 atom stereocenters. The predicted molar refractivity (Wildman–Crippen MR) is 74.5 cm³/mol. The van der Waals surface area contributed by atoms with Crippen molar-refractivity contribution in [2.24, 2.45) is 0 Å². The van der Waals surface area contributed by atoms with Gasteiger partial charge in [-0.05, 0) is 42.5 Å². The van der Waals surface area contributed by atoms with Crippen LogP contribution in [0.5, 0.6) is 5.75 Å². The number of hydrogen-bond acceptors (Lipinski definition) is 3. The molecule has 0 bridgehead atoms. The minimum absolute atomic E-state index is 0.276. The first-order valence-electron chi connectivity index (χ1n) is 5.83. The van der Waals surface area contributed by atoms with Gasteiger partial charge in [-0.25, -0.2) is 4.79 Å². The smallest absolute Gasteiger partial charge is 0.335 e. The van der Waals surface area contributed by atoms with Crippen LogP contribution in [0, 0.1) is 0 Å². The van der Waals surface area contributed by atoms with Crippen molar-refractivity contribution < 1.29 is 14.6 Å². The first kappa shape index (κ1) is 13.0. The van der Waals surface area contributed by atoms with Crippen molar-refractivity contribution in [3.05, 3.63) is 54.1 Å². The molecule has 2 aromatic carbocycles. The topological polar surface area (TPSA) is 49.8 Å². The third-order valence-electron chi connectivity index (χ3n) is 2.94. The van der Waals surface area contributed by atoms with E-state index in [0.29, 0.717) is 0 Å². The number of carboxylic acids is 1. The molecule has 0 amide bonds. The van der Waals surface area contributed by atoms with Gasteiger partial charge in [-0.15, -0.1) is 0 Å². The zero-order valence-electron chi connectivity index (χ0n) is 10.8. The molecule has 0 saturated carbocycles. The lowest BCUT2D eigenvalue weighted by molar-refractivity contribution is 0.0697. The zero-order chi connectivity index (χ0) is 13.8. The lowest BCUT2D eigenvalue weighted by Gasteiger charge is -2.20. The fraction of sp³-hybridized carbons (Fsp3) is 0.133. The highest BCUT2D eigenvalue weighted by Crippen LogP contribution is 2.26. The molecule has 19 heavy (non-hydrogen) atoms. The van der Waals surface area contributed by atoms with Crippen molar-refractivity contribution in [1.29, 1.82) is 0 Å². The maximum absolute atomic E-state index is 11.0. The average Bonchev–Trinajstić information content (AvgIpc) is 2.46. The summed E-state index contributed by atoms with van der Waals surface area (Å²) < 4.78 is 5.11. The van der Waals surface area contributed by atoms with Gasteiger partial charge in [0.1, 0.15) is 5.75 Å². The third-order valence-corrected chi connectivity index (χ3v) is 2.94. The summed E-state index contributed by atoms with van der Waals surface area (Å²) in [6.45, 7) is 0. The normalized spacial score (nSPS) is 10.0. The van der Waals surface area contributed by atoms with Gasteiger partial charge in [0.05, 0.1) is 12.7 Å². The molecule has 0 unspecified atom stereocenters. The van der Waals surface area contributed by atoms with Gasteiger partial charge in [-0.2, -0.15) is 0 Å². The van der Waals surface area contributed by atoms with Gasteiger partial charge in [-0.1, -0.05) is 6.07 Å². The summed E-state index contributed by atoms with van der Waals surface area (Å²) >= 11 is 0. The number of hydrogen-bond donors (Lipinski definition) is 1. The Kier molecular flexibility index (Phi) is 3.71. The Bertz CT molecular complexity index is 578. The highest BCUT2D eigenvalue weighted by molar-refractivity contribution is 5.89. The van der Waals surface area contributed by atoms with E-state index in [0.717, 1.165) is 17.1 Å². The van der Waals surface area contributed by atoms with E-state index >= 15 is 0 Å². The van der Waals surface area contributed by atoms with Crippen molar-refractivity contribution in [2.45, 2.75) is 0 Å². The van der Waals surface area contributed by atoms with Crippen LogP contribution in [-0.2, 0) is 0 Å². The number of aromatic carboxylic acids is 1. The Labute approximate surface area is 111 Å². The molecule has 98 valence electrons. The third kappa shape index (κ3) is 2.85. The van der Waals surface area contributed by atoms with Crippen LogP contribution in [0.15, 0.2) is 48.5 Å². The molecule has 0 fully saturated rings. The molecule has 0 aliphatic rings. The van der Waals surface area contributed by atoms with Gasteiger partial charge in [0.15, 0.2) is 0 Å². The summed E-state index contributed by atoms with van der Waals surface area (Å²) in [5, 5.41) is 8.99. The zero-order valence-corrected chi connectivity index (χ0v) is 10.8. The molecule has 0 radical (unpaired) electrons. The molecule has 0 spiro atoms. The number of carboxylic acid groups (broad SMARTS) is 1. The summed E-state index contributed by atoms with van der Waals surface area (Å²) in [6.07, 6.45) is 0.